The van der Waals surface area contributed by atoms with Crippen LogP contribution in [0.3, 0.4) is 0 Å². The number of fused-ring (bicyclic) bond motifs is 1. The Morgan fingerprint density at radius 1 is 1.30 bits per heavy atom. The Labute approximate surface area is 115 Å². The molecule has 0 aromatic rings. The average Bonchev–Trinajstić information content (AvgIpc) is 2.89. The minimum Gasteiger partial charge on any atom is -0.447 e. The van der Waals surface area contributed by atoms with Crippen LogP contribution >= 0.6 is 0 Å². The number of carbonyl (C=O) groups excluding carboxylic acids is 2. The highest BCUT2D eigenvalue weighted by atomic mass is 16.6. The molecule has 5 saturated carbocycles. The number of carbonyl (C=O) groups is 2. The van der Waals surface area contributed by atoms with Crippen LogP contribution < -0.4 is 0 Å². The van der Waals surface area contributed by atoms with E-state index in [1.54, 1.807) is 0 Å². The van der Waals surface area contributed by atoms with Crippen LogP contribution in [0.2, 0.25) is 0 Å². The molecule has 5 heteroatoms. The molecule has 5 nitrogen and oxygen atoms in total. The van der Waals surface area contributed by atoms with Crippen molar-refractivity contribution in [3.05, 3.63) is 0 Å². The van der Waals surface area contributed by atoms with Gasteiger partial charge in [0.1, 0.15) is 6.07 Å². The highest BCUT2D eigenvalue weighted by molar-refractivity contribution is 5.89. The second-order valence-electron chi connectivity index (χ2n) is 7.50. The van der Waals surface area contributed by atoms with Gasteiger partial charge in [-0.15, -0.1) is 0 Å². The second-order valence-corrected chi connectivity index (χ2v) is 7.50. The van der Waals surface area contributed by atoms with Crippen molar-refractivity contribution in [2.45, 2.75) is 24.5 Å². The third-order valence-electron chi connectivity index (χ3n) is 7.55. The van der Waals surface area contributed by atoms with Gasteiger partial charge in [0.15, 0.2) is 0 Å². The Hall–Kier alpha value is -1.57. The zero-order valence-corrected chi connectivity index (χ0v) is 10.9. The first-order valence-electron chi connectivity index (χ1n) is 7.42. The first-order chi connectivity index (χ1) is 9.58. The van der Waals surface area contributed by atoms with Gasteiger partial charge in [-0.3, -0.25) is 4.79 Å². The molecule has 7 rings (SSSR count). The standard InChI is InChI=1S/C15H13NO4/c1-4(17)19-15-10-6-2-5-7-8(6)12(15)11(7)14(3-16,9(5)10)20-13(15)18/h5-12H,2H2,1H3/t5-,6-,7+,8+,9+,10+,11+,12-,14-,15+/m0/s1. The lowest BCUT2D eigenvalue weighted by molar-refractivity contribution is -0.275. The maximum Gasteiger partial charge on any atom is 0.352 e. The van der Waals surface area contributed by atoms with Crippen LogP contribution in [0, 0.1) is 58.7 Å². The Bertz CT molecular complexity index is 667. The predicted octanol–water partition coefficient (Wildman–Crippen LogP) is 0.495. The van der Waals surface area contributed by atoms with Crippen molar-refractivity contribution in [1.82, 2.24) is 0 Å². The van der Waals surface area contributed by atoms with E-state index in [0.29, 0.717) is 23.7 Å². The Kier molecular flexibility index (Phi) is 1.22. The SMILES string of the molecule is CC(=O)O[C@@]12C(=O)O[C@@]3(C#N)[C@@H]4[C@H]5C[C@@H]([C@@H]6[C@@H]5[C@@H]3[C@H]61)[C@H]42. The van der Waals surface area contributed by atoms with Gasteiger partial charge < -0.3 is 9.47 Å². The number of ether oxygens (including phenoxy) is 2. The minimum atomic E-state index is -1.04. The fraction of sp³-hybridized carbons (Fsp3) is 0.800. The van der Waals surface area contributed by atoms with E-state index in [0.717, 1.165) is 6.42 Å². The van der Waals surface area contributed by atoms with Gasteiger partial charge in [0, 0.05) is 30.6 Å². The van der Waals surface area contributed by atoms with Gasteiger partial charge in [-0.1, -0.05) is 0 Å². The molecular formula is C15H13NO4. The van der Waals surface area contributed by atoms with Gasteiger partial charge in [0.05, 0.1) is 0 Å². The largest absolute Gasteiger partial charge is 0.447 e. The first-order valence-corrected chi connectivity index (χ1v) is 7.42. The number of hydrogen-bond donors (Lipinski definition) is 0. The molecule has 0 unspecified atom stereocenters. The molecule has 2 aliphatic heterocycles. The molecule has 0 aromatic carbocycles. The van der Waals surface area contributed by atoms with Crippen molar-refractivity contribution < 1.29 is 19.1 Å². The van der Waals surface area contributed by atoms with E-state index in [1.807, 2.05) is 0 Å². The van der Waals surface area contributed by atoms with E-state index in [2.05, 4.69) is 6.07 Å². The lowest BCUT2D eigenvalue weighted by Crippen LogP contribution is -2.74. The van der Waals surface area contributed by atoms with E-state index in [1.165, 1.54) is 6.92 Å². The summed E-state index contributed by atoms with van der Waals surface area (Å²) in [7, 11) is 0. The zero-order chi connectivity index (χ0) is 13.6. The summed E-state index contributed by atoms with van der Waals surface area (Å²) in [6.07, 6.45) is 1.10. The van der Waals surface area contributed by atoms with Crippen LogP contribution in [0.1, 0.15) is 13.3 Å². The first kappa shape index (κ1) is 10.2. The van der Waals surface area contributed by atoms with E-state index >= 15 is 0 Å². The molecule has 0 aromatic heterocycles. The van der Waals surface area contributed by atoms with Gasteiger partial charge in [0.2, 0.25) is 11.2 Å². The summed E-state index contributed by atoms with van der Waals surface area (Å²) < 4.78 is 11.3. The van der Waals surface area contributed by atoms with Crippen LogP contribution in [0.15, 0.2) is 0 Å². The maximum absolute atomic E-state index is 12.6. The van der Waals surface area contributed by atoms with Crippen LogP contribution in [-0.2, 0) is 19.1 Å². The highest BCUT2D eigenvalue weighted by Crippen LogP contribution is 2.90. The summed E-state index contributed by atoms with van der Waals surface area (Å²) in [6.45, 7) is 1.36. The molecule has 0 amide bonds. The predicted molar refractivity (Wildman–Crippen MR) is 61.5 cm³/mol. The Balaban J connectivity index is 1.66. The van der Waals surface area contributed by atoms with Crippen molar-refractivity contribution in [1.29, 1.82) is 5.26 Å². The minimum absolute atomic E-state index is 0.0438. The molecular weight excluding hydrogens is 258 g/mol. The molecule has 10 atom stereocenters. The van der Waals surface area contributed by atoms with Crippen LogP contribution in [0.5, 0.6) is 0 Å². The number of hydrogen-bond acceptors (Lipinski definition) is 5. The maximum atomic E-state index is 12.6. The molecule has 5 aliphatic carbocycles. The number of rotatable bonds is 1. The van der Waals surface area contributed by atoms with Gasteiger partial charge in [-0.05, 0) is 30.1 Å². The van der Waals surface area contributed by atoms with Crippen molar-refractivity contribution in [2.75, 3.05) is 0 Å². The number of esters is 2. The lowest BCUT2D eigenvalue weighted by Gasteiger charge is -2.60. The third kappa shape index (κ3) is 0.590. The van der Waals surface area contributed by atoms with E-state index < -0.39 is 23.1 Å². The van der Waals surface area contributed by atoms with Crippen LogP contribution in [0.25, 0.3) is 0 Å². The van der Waals surface area contributed by atoms with Gasteiger partial charge in [-0.2, -0.15) is 5.26 Å². The smallest absolute Gasteiger partial charge is 0.352 e. The van der Waals surface area contributed by atoms with Crippen molar-refractivity contribution in [3.8, 4) is 6.07 Å². The number of nitriles is 1. The van der Waals surface area contributed by atoms with E-state index in [9.17, 15) is 14.9 Å². The molecule has 0 N–H and O–H groups in total. The van der Waals surface area contributed by atoms with Crippen molar-refractivity contribution in [3.63, 3.8) is 0 Å². The molecule has 4 bridgehead atoms. The van der Waals surface area contributed by atoms with Crippen LogP contribution in [-0.4, -0.2) is 23.1 Å². The van der Waals surface area contributed by atoms with Crippen LogP contribution in [0.4, 0.5) is 0 Å². The average molecular weight is 271 g/mol. The fourth-order valence-electron chi connectivity index (χ4n) is 7.80. The normalized spacial score (nSPS) is 68.1. The molecule has 0 spiro atoms. The summed E-state index contributed by atoms with van der Waals surface area (Å²) >= 11 is 0. The summed E-state index contributed by atoms with van der Waals surface area (Å²) in [5.41, 5.74) is -1.94. The van der Waals surface area contributed by atoms with E-state index in [4.69, 9.17) is 9.47 Å². The van der Waals surface area contributed by atoms with Gasteiger partial charge >= 0.3 is 11.9 Å². The topological polar surface area (TPSA) is 76.4 Å². The molecule has 7 fully saturated rings. The molecule has 2 heterocycles. The monoisotopic (exact) mass is 271 g/mol. The van der Waals surface area contributed by atoms with E-state index in [-0.39, 0.29) is 23.7 Å². The van der Waals surface area contributed by atoms with Crippen molar-refractivity contribution in [2.24, 2.45) is 47.3 Å². The Morgan fingerprint density at radius 3 is 2.70 bits per heavy atom. The molecule has 20 heavy (non-hydrogen) atoms. The summed E-state index contributed by atoms with van der Waals surface area (Å²) in [4.78, 5) is 24.2. The highest BCUT2D eigenvalue weighted by Gasteiger charge is 2.97. The summed E-state index contributed by atoms with van der Waals surface area (Å²) in [6, 6.07) is 2.36. The fourth-order valence-corrected chi connectivity index (χ4v) is 7.80. The lowest BCUT2D eigenvalue weighted by atomic mass is 9.50. The molecule has 102 valence electrons. The van der Waals surface area contributed by atoms with Crippen molar-refractivity contribution >= 4 is 11.9 Å². The Morgan fingerprint density at radius 2 is 2.00 bits per heavy atom. The quantitative estimate of drug-likeness (QED) is 0.649. The summed E-state index contributed by atoms with van der Waals surface area (Å²) in [5, 5.41) is 9.71. The second kappa shape index (κ2) is 2.38. The zero-order valence-electron chi connectivity index (χ0n) is 10.9. The number of nitrogens with zero attached hydrogens (tertiary/aromatic N) is 1. The third-order valence-corrected chi connectivity index (χ3v) is 7.55. The molecule has 2 saturated heterocycles. The van der Waals surface area contributed by atoms with Gasteiger partial charge in [-0.25, -0.2) is 4.79 Å². The van der Waals surface area contributed by atoms with Gasteiger partial charge in [0.25, 0.3) is 0 Å². The summed E-state index contributed by atoms with van der Waals surface area (Å²) in [5.74, 6) is 1.50. The molecule has 7 aliphatic rings. The molecule has 0 radical (unpaired) electrons.